The molecule has 20 heavy (non-hydrogen) atoms. The Balaban J connectivity index is 2.20. The molecule has 2 aromatic rings. The highest BCUT2D eigenvalue weighted by Gasteiger charge is 2.15. The van der Waals surface area contributed by atoms with Gasteiger partial charge in [-0.2, -0.15) is 0 Å². The Hall–Kier alpha value is -1.87. The molecule has 0 spiro atoms. The van der Waals surface area contributed by atoms with Crippen LogP contribution in [0.2, 0.25) is 0 Å². The molecule has 0 aromatic heterocycles. The molecule has 0 saturated heterocycles. The molecular weight excluding hydrogens is 255 g/mol. The normalized spacial score (nSPS) is 12.2. The molecule has 0 saturated carbocycles. The largest absolute Gasteiger partial charge is 0.494 e. The Morgan fingerprint density at radius 1 is 1.15 bits per heavy atom. The van der Waals surface area contributed by atoms with Crippen molar-refractivity contribution in [1.82, 2.24) is 0 Å². The van der Waals surface area contributed by atoms with E-state index in [-0.39, 0.29) is 0 Å². The first-order valence-electron chi connectivity index (χ1n) is 6.78. The van der Waals surface area contributed by atoms with Crippen LogP contribution < -0.4 is 4.74 Å². The molecule has 0 fully saturated rings. The van der Waals surface area contributed by atoms with E-state index in [0.717, 1.165) is 17.7 Å². The van der Waals surface area contributed by atoms with E-state index >= 15 is 0 Å². The molecule has 1 unspecified atom stereocenters. The van der Waals surface area contributed by atoms with Gasteiger partial charge >= 0.3 is 0 Å². The van der Waals surface area contributed by atoms with Crippen LogP contribution in [0, 0.1) is 12.7 Å². The SMILES string of the molecule is CCCOc1ccc(C(O)c2cc(C)ccc2F)cc1. The second kappa shape index (κ2) is 6.53. The van der Waals surface area contributed by atoms with Crippen molar-refractivity contribution in [3.05, 3.63) is 65.0 Å². The van der Waals surface area contributed by atoms with Gasteiger partial charge in [-0.3, -0.25) is 0 Å². The molecule has 3 heteroatoms. The lowest BCUT2D eigenvalue weighted by molar-refractivity contribution is 0.214. The number of halogens is 1. The number of rotatable bonds is 5. The molecule has 106 valence electrons. The number of aryl methyl sites for hydroxylation is 1. The van der Waals surface area contributed by atoms with Crippen molar-refractivity contribution < 1.29 is 14.2 Å². The van der Waals surface area contributed by atoms with Crippen LogP contribution in [0.3, 0.4) is 0 Å². The molecule has 0 amide bonds. The molecule has 1 N–H and O–H groups in total. The van der Waals surface area contributed by atoms with Crippen molar-refractivity contribution in [2.24, 2.45) is 0 Å². The summed E-state index contributed by atoms with van der Waals surface area (Å²) in [5.41, 5.74) is 1.87. The highest BCUT2D eigenvalue weighted by Crippen LogP contribution is 2.26. The average Bonchev–Trinajstić information content (AvgIpc) is 2.47. The second-order valence-electron chi connectivity index (χ2n) is 4.85. The predicted octanol–water partition coefficient (Wildman–Crippen LogP) is 4.00. The number of aliphatic hydroxyl groups excluding tert-OH is 1. The third-order valence-electron chi connectivity index (χ3n) is 3.11. The molecule has 0 bridgehead atoms. The van der Waals surface area contributed by atoms with Gasteiger partial charge in [0.25, 0.3) is 0 Å². The number of hydrogen-bond donors (Lipinski definition) is 1. The lowest BCUT2D eigenvalue weighted by atomic mass is 9.99. The van der Waals surface area contributed by atoms with E-state index in [1.54, 1.807) is 36.4 Å². The second-order valence-corrected chi connectivity index (χ2v) is 4.85. The van der Waals surface area contributed by atoms with E-state index in [4.69, 9.17) is 4.74 Å². The summed E-state index contributed by atoms with van der Waals surface area (Å²) in [6, 6.07) is 11.8. The van der Waals surface area contributed by atoms with E-state index in [1.165, 1.54) is 6.07 Å². The molecule has 0 aliphatic rings. The predicted molar refractivity (Wildman–Crippen MR) is 77.4 cm³/mol. The van der Waals surface area contributed by atoms with E-state index in [2.05, 4.69) is 0 Å². The van der Waals surface area contributed by atoms with E-state index in [1.807, 2.05) is 13.8 Å². The van der Waals surface area contributed by atoms with Crippen LogP contribution in [0.5, 0.6) is 5.75 Å². The van der Waals surface area contributed by atoms with E-state index < -0.39 is 11.9 Å². The fourth-order valence-electron chi connectivity index (χ4n) is 2.02. The van der Waals surface area contributed by atoms with Gasteiger partial charge in [0.2, 0.25) is 0 Å². The molecular formula is C17H19FO2. The van der Waals surface area contributed by atoms with Crippen molar-refractivity contribution >= 4 is 0 Å². The van der Waals surface area contributed by atoms with Crippen LogP contribution in [-0.4, -0.2) is 11.7 Å². The highest BCUT2D eigenvalue weighted by molar-refractivity contribution is 5.36. The lowest BCUT2D eigenvalue weighted by Gasteiger charge is -2.14. The zero-order chi connectivity index (χ0) is 14.5. The zero-order valence-electron chi connectivity index (χ0n) is 11.8. The minimum atomic E-state index is -0.963. The maximum atomic E-state index is 13.8. The van der Waals surface area contributed by atoms with Crippen molar-refractivity contribution in [3.8, 4) is 5.75 Å². The van der Waals surface area contributed by atoms with Crippen molar-refractivity contribution in [2.75, 3.05) is 6.61 Å². The summed E-state index contributed by atoms with van der Waals surface area (Å²) in [7, 11) is 0. The molecule has 2 rings (SSSR count). The van der Waals surface area contributed by atoms with Gasteiger partial charge in [0.1, 0.15) is 17.7 Å². The lowest BCUT2D eigenvalue weighted by Crippen LogP contribution is -2.03. The summed E-state index contributed by atoms with van der Waals surface area (Å²) >= 11 is 0. The van der Waals surface area contributed by atoms with Crippen molar-refractivity contribution in [3.63, 3.8) is 0 Å². The minimum Gasteiger partial charge on any atom is -0.494 e. The van der Waals surface area contributed by atoms with E-state index in [0.29, 0.717) is 17.7 Å². The Labute approximate surface area is 118 Å². The quantitative estimate of drug-likeness (QED) is 0.892. The smallest absolute Gasteiger partial charge is 0.129 e. The summed E-state index contributed by atoms with van der Waals surface area (Å²) in [4.78, 5) is 0. The first kappa shape index (κ1) is 14.5. The summed E-state index contributed by atoms with van der Waals surface area (Å²) in [6.07, 6.45) is -0.0195. The van der Waals surface area contributed by atoms with Gasteiger partial charge in [-0.1, -0.05) is 36.8 Å². The molecule has 0 aliphatic carbocycles. The molecule has 2 aromatic carbocycles. The minimum absolute atomic E-state index is 0.298. The van der Waals surface area contributed by atoms with Crippen LogP contribution in [0.25, 0.3) is 0 Å². The first-order chi connectivity index (χ1) is 9.61. The third-order valence-corrected chi connectivity index (χ3v) is 3.11. The van der Waals surface area contributed by atoms with Gasteiger partial charge < -0.3 is 9.84 Å². The van der Waals surface area contributed by atoms with Crippen LogP contribution in [-0.2, 0) is 0 Å². The molecule has 0 radical (unpaired) electrons. The number of ether oxygens (including phenoxy) is 1. The summed E-state index contributed by atoms with van der Waals surface area (Å²) in [6.45, 7) is 4.57. The summed E-state index contributed by atoms with van der Waals surface area (Å²) < 4.78 is 19.2. The molecule has 1 atom stereocenters. The fourth-order valence-corrected chi connectivity index (χ4v) is 2.02. The van der Waals surface area contributed by atoms with Gasteiger partial charge in [0, 0.05) is 5.56 Å². The summed E-state index contributed by atoms with van der Waals surface area (Å²) in [5.74, 6) is 0.363. The molecule has 0 heterocycles. The number of aliphatic hydroxyl groups is 1. The fraction of sp³-hybridized carbons (Fsp3) is 0.294. The Bertz CT molecular complexity index is 564. The maximum Gasteiger partial charge on any atom is 0.129 e. The van der Waals surface area contributed by atoms with Crippen LogP contribution in [0.1, 0.15) is 36.1 Å². The van der Waals surface area contributed by atoms with Crippen LogP contribution in [0.15, 0.2) is 42.5 Å². The van der Waals surface area contributed by atoms with Crippen molar-refractivity contribution in [1.29, 1.82) is 0 Å². The topological polar surface area (TPSA) is 29.5 Å². The van der Waals surface area contributed by atoms with Crippen molar-refractivity contribution in [2.45, 2.75) is 26.4 Å². The third kappa shape index (κ3) is 3.36. The Morgan fingerprint density at radius 3 is 2.50 bits per heavy atom. The zero-order valence-corrected chi connectivity index (χ0v) is 11.8. The van der Waals surface area contributed by atoms with E-state index in [9.17, 15) is 9.50 Å². The van der Waals surface area contributed by atoms with Crippen LogP contribution in [0.4, 0.5) is 4.39 Å². The monoisotopic (exact) mass is 274 g/mol. The first-order valence-corrected chi connectivity index (χ1v) is 6.78. The number of benzene rings is 2. The Morgan fingerprint density at radius 2 is 1.85 bits per heavy atom. The van der Waals surface area contributed by atoms with Gasteiger partial charge in [-0.25, -0.2) is 4.39 Å². The van der Waals surface area contributed by atoms with Gasteiger partial charge in [-0.15, -0.1) is 0 Å². The van der Waals surface area contributed by atoms with Crippen LogP contribution >= 0.6 is 0 Å². The average molecular weight is 274 g/mol. The molecule has 0 aliphatic heterocycles. The maximum absolute atomic E-state index is 13.8. The van der Waals surface area contributed by atoms with Gasteiger partial charge in [0.15, 0.2) is 0 Å². The number of hydrogen-bond acceptors (Lipinski definition) is 2. The standard InChI is InChI=1S/C17H19FO2/c1-3-10-20-14-7-5-13(6-8-14)17(19)15-11-12(2)4-9-16(15)18/h4-9,11,17,19H,3,10H2,1-2H3. The Kier molecular flexibility index (Phi) is 4.74. The van der Waals surface area contributed by atoms with Gasteiger partial charge in [-0.05, 0) is 37.1 Å². The van der Waals surface area contributed by atoms with Gasteiger partial charge in [0.05, 0.1) is 6.61 Å². The molecule has 2 nitrogen and oxygen atoms in total. The highest BCUT2D eigenvalue weighted by atomic mass is 19.1. The summed E-state index contributed by atoms with van der Waals surface area (Å²) in [5, 5.41) is 10.3.